The third-order valence-corrected chi connectivity index (χ3v) is 9.83. The second-order valence-corrected chi connectivity index (χ2v) is 17.4. The lowest BCUT2D eigenvalue weighted by Crippen LogP contribution is -2.31. The summed E-state index contributed by atoms with van der Waals surface area (Å²) in [4.78, 5) is 76.7. The van der Waals surface area contributed by atoms with Crippen molar-refractivity contribution in [3.8, 4) is 22.3 Å². The molecule has 0 spiro atoms. The van der Waals surface area contributed by atoms with E-state index in [0.717, 1.165) is 32.2 Å². The predicted molar refractivity (Wildman–Crippen MR) is 241 cm³/mol. The SMILES string of the molecule is Cn1[nH]c2cc(-c3cnc(Cl)nc3)ccc2c1=O.Cn1c(=O)c2ccc(-c3cnc(Cl)nc3)cc2n1C(=O)OC(C)(C)C.Cn1c(=O)c2ccc(Br)cc2n1C(=O)OC(C)(C)C. The molecule has 1 N–H and O–H groups in total. The minimum Gasteiger partial charge on any atom is -0.442 e. The van der Waals surface area contributed by atoms with Crippen LogP contribution in [0.4, 0.5) is 9.59 Å². The van der Waals surface area contributed by atoms with Gasteiger partial charge in [-0.2, -0.15) is 9.36 Å². The van der Waals surface area contributed by atoms with Crippen LogP contribution in [0.15, 0.2) is 98.2 Å². The Morgan fingerprint density at radius 1 is 0.581 bits per heavy atom. The minimum atomic E-state index is -0.675. The number of nitrogens with one attached hydrogen (secondary N) is 1. The molecule has 62 heavy (non-hydrogen) atoms. The van der Waals surface area contributed by atoms with Crippen LogP contribution in [0.5, 0.6) is 0 Å². The molecule has 0 aliphatic rings. The first kappa shape index (κ1) is 45.2. The molecule has 322 valence electrons. The zero-order valence-corrected chi connectivity index (χ0v) is 38.1. The topological polar surface area (TPSA) is 196 Å². The summed E-state index contributed by atoms with van der Waals surface area (Å²) in [5.74, 6) is 0. The van der Waals surface area contributed by atoms with Gasteiger partial charge in [0, 0.05) is 61.5 Å². The van der Waals surface area contributed by atoms with Gasteiger partial charge in [-0.25, -0.2) is 38.9 Å². The van der Waals surface area contributed by atoms with Crippen LogP contribution < -0.4 is 16.7 Å². The van der Waals surface area contributed by atoms with Crippen LogP contribution in [0.25, 0.3) is 55.0 Å². The van der Waals surface area contributed by atoms with Crippen molar-refractivity contribution in [1.29, 1.82) is 0 Å². The van der Waals surface area contributed by atoms with Crippen molar-refractivity contribution in [2.24, 2.45) is 21.1 Å². The number of aromatic amines is 1. The van der Waals surface area contributed by atoms with E-state index in [4.69, 9.17) is 32.7 Å². The van der Waals surface area contributed by atoms with E-state index in [1.54, 1.807) is 123 Å². The number of carbonyl (C=O) groups excluding carboxylic acids is 2. The van der Waals surface area contributed by atoms with E-state index in [1.807, 2.05) is 12.1 Å². The summed E-state index contributed by atoms with van der Waals surface area (Å²) in [6, 6.07) is 15.9. The number of halogens is 3. The van der Waals surface area contributed by atoms with Crippen molar-refractivity contribution >= 4 is 84.0 Å². The highest BCUT2D eigenvalue weighted by Crippen LogP contribution is 2.25. The first-order valence-electron chi connectivity index (χ1n) is 18.7. The lowest BCUT2D eigenvalue weighted by molar-refractivity contribution is 0.0491. The Morgan fingerprint density at radius 3 is 1.44 bits per heavy atom. The van der Waals surface area contributed by atoms with Crippen LogP contribution >= 0.6 is 39.1 Å². The fraction of sp³-hybridized carbons (Fsp3) is 0.262. The molecule has 0 aliphatic heterocycles. The van der Waals surface area contributed by atoms with Crippen molar-refractivity contribution in [2.75, 3.05) is 0 Å². The molecule has 0 saturated carbocycles. The van der Waals surface area contributed by atoms with Gasteiger partial charge in [0.2, 0.25) is 10.6 Å². The van der Waals surface area contributed by atoms with E-state index in [0.29, 0.717) is 27.2 Å². The first-order valence-corrected chi connectivity index (χ1v) is 20.3. The zero-order chi connectivity index (χ0) is 45.4. The Kier molecular flexibility index (Phi) is 12.8. The van der Waals surface area contributed by atoms with Crippen molar-refractivity contribution in [2.45, 2.75) is 52.7 Å². The Balaban J connectivity index is 0.000000158. The van der Waals surface area contributed by atoms with Gasteiger partial charge in [-0.3, -0.25) is 24.2 Å². The van der Waals surface area contributed by atoms with Crippen molar-refractivity contribution < 1.29 is 19.1 Å². The van der Waals surface area contributed by atoms with E-state index in [1.165, 1.54) is 30.5 Å². The molecule has 0 radical (unpaired) electrons. The van der Waals surface area contributed by atoms with E-state index >= 15 is 0 Å². The molecule has 5 aromatic heterocycles. The molecule has 3 aromatic carbocycles. The normalized spacial score (nSPS) is 11.5. The maximum Gasteiger partial charge on any atom is 0.434 e. The maximum absolute atomic E-state index is 12.5. The van der Waals surface area contributed by atoms with E-state index in [9.17, 15) is 24.0 Å². The van der Waals surface area contributed by atoms with Gasteiger partial charge >= 0.3 is 12.2 Å². The molecule has 20 heteroatoms. The molecular weight excluding hydrogens is 907 g/mol. The average molecular weight is 949 g/mol. The summed E-state index contributed by atoms with van der Waals surface area (Å²) in [5, 5.41) is 4.92. The van der Waals surface area contributed by atoms with E-state index in [2.05, 4.69) is 41.0 Å². The van der Waals surface area contributed by atoms with Gasteiger partial charge in [0.05, 0.1) is 32.7 Å². The highest BCUT2D eigenvalue weighted by Gasteiger charge is 2.24. The summed E-state index contributed by atoms with van der Waals surface area (Å²) in [6.45, 7) is 10.7. The maximum atomic E-state index is 12.5. The number of hydrogen-bond acceptors (Lipinski definition) is 11. The number of nitrogens with zero attached hydrogens (tertiary/aromatic N) is 9. The molecule has 8 rings (SSSR count). The fourth-order valence-corrected chi connectivity index (χ4v) is 6.72. The van der Waals surface area contributed by atoms with E-state index in [-0.39, 0.29) is 27.2 Å². The Bertz CT molecular complexity index is 3170. The summed E-state index contributed by atoms with van der Waals surface area (Å²) in [5.41, 5.74) is 3.19. The van der Waals surface area contributed by atoms with Gasteiger partial charge < -0.3 is 9.47 Å². The van der Waals surface area contributed by atoms with Crippen LogP contribution in [0.1, 0.15) is 41.5 Å². The lowest BCUT2D eigenvalue weighted by atomic mass is 10.1. The minimum absolute atomic E-state index is 0.0380. The molecule has 0 saturated heterocycles. The molecule has 0 fully saturated rings. The molecule has 0 amide bonds. The largest absolute Gasteiger partial charge is 0.442 e. The summed E-state index contributed by atoms with van der Waals surface area (Å²) in [7, 11) is 4.75. The molecule has 5 heterocycles. The third kappa shape index (κ3) is 9.88. The number of benzene rings is 3. The lowest BCUT2D eigenvalue weighted by Gasteiger charge is -2.20. The molecule has 0 bridgehead atoms. The van der Waals surface area contributed by atoms with Crippen molar-refractivity contribution in [3.63, 3.8) is 0 Å². The molecule has 0 aliphatic carbocycles. The number of aromatic nitrogens is 10. The van der Waals surface area contributed by atoms with Crippen molar-refractivity contribution in [3.05, 3.63) is 125 Å². The van der Waals surface area contributed by atoms with Gasteiger partial charge in [0.1, 0.15) is 11.2 Å². The quantitative estimate of drug-likeness (QED) is 0.165. The van der Waals surface area contributed by atoms with Crippen LogP contribution in [-0.2, 0) is 30.6 Å². The zero-order valence-electron chi connectivity index (χ0n) is 35.0. The number of H-pyrrole nitrogens is 1. The average Bonchev–Trinajstić information content (AvgIpc) is 3.73. The van der Waals surface area contributed by atoms with Gasteiger partial charge in [-0.1, -0.05) is 28.1 Å². The first-order chi connectivity index (χ1) is 29.0. The van der Waals surface area contributed by atoms with Gasteiger partial charge in [-0.15, -0.1) is 0 Å². The molecule has 0 atom stereocenters. The number of ether oxygens (including phenoxy) is 2. The van der Waals surface area contributed by atoms with Gasteiger partial charge in [0.25, 0.3) is 16.7 Å². The highest BCUT2D eigenvalue weighted by atomic mass is 79.9. The van der Waals surface area contributed by atoms with Crippen LogP contribution in [0, 0.1) is 0 Å². The van der Waals surface area contributed by atoms with Crippen LogP contribution in [0.2, 0.25) is 10.6 Å². The summed E-state index contributed by atoms with van der Waals surface area (Å²) < 4.78 is 17.9. The Hall–Kier alpha value is -6.37. The monoisotopic (exact) mass is 946 g/mol. The molecule has 8 aromatic rings. The third-order valence-electron chi connectivity index (χ3n) is 8.95. The second kappa shape index (κ2) is 17.5. The standard InChI is InChI=1S/C17H17ClN4O3.C13H15BrN2O3.C12H9ClN4O/c1-17(2,3)25-16(24)22-13-7-10(11-8-19-15(18)20-9-11)5-6-12(13)14(23)21(22)4;1-13(2,3)19-12(18)16-10-7-8(14)5-6-9(10)11(17)15(16)4;1-17-11(18)9-3-2-7(4-10(9)16-17)8-5-14-12(13)15-6-8/h5-9H,1-4H3;5-7H,1-4H3;2-6,16H,1H3. The number of aryl methyl sites for hydroxylation is 1. The molecular formula is C42H41BrCl2N10O7. The van der Waals surface area contributed by atoms with Crippen molar-refractivity contribution in [1.82, 2.24) is 48.4 Å². The molecule has 17 nitrogen and oxygen atoms in total. The second-order valence-electron chi connectivity index (χ2n) is 15.9. The summed E-state index contributed by atoms with van der Waals surface area (Å²) in [6.07, 6.45) is 5.27. The highest BCUT2D eigenvalue weighted by molar-refractivity contribution is 9.10. The number of carbonyl (C=O) groups is 2. The summed E-state index contributed by atoms with van der Waals surface area (Å²) >= 11 is 14.7. The number of hydrogen-bond donors (Lipinski definition) is 1. The fourth-order valence-electron chi connectivity index (χ4n) is 6.17. The number of fused-ring (bicyclic) bond motifs is 3. The van der Waals surface area contributed by atoms with Crippen LogP contribution in [-0.4, -0.2) is 71.8 Å². The van der Waals surface area contributed by atoms with E-state index < -0.39 is 23.4 Å². The van der Waals surface area contributed by atoms with Gasteiger partial charge in [-0.05, 0) is 118 Å². The van der Waals surface area contributed by atoms with Crippen LogP contribution in [0.3, 0.4) is 0 Å². The molecule has 0 unspecified atom stereocenters. The Labute approximate surface area is 371 Å². The number of rotatable bonds is 2. The Morgan fingerprint density at radius 2 is 0.984 bits per heavy atom. The predicted octanol–water partition coefficient (Wildman–Crippen LogP) is 8.10. The van der Waals surface area contributed by atoms with Gasteiger partial charge in [0.15, 0.2) is 0 Å². The smallest absolute Gasteiger partial charge is 0.434 e.